The summed E-state index contributed by atoms with van der Waals surface area (Å²) in [5.74, 6) is -0.294. The van der Waals surface area contributed by atoms with Crippen molar-refractivity contribution in [2.24, 2.45) is 0 Å². The second kappa shape index (κ2) is 4.61. The number of rotatable bonds is 2. The highest BCUT2D eigenvalue weighted by Crippen LogP contribution is 2.14. The van der Waals surface area contributed by atoms with Crippen molar-refractivity contribution in [3.8, 4) is 5.75 Å². The molecule has 5 heteroatoms. The Bertz CT molecular complexity index is 547. The van der Waals surface area contributed by atoms with Gasteiger partial charge in [-0.05, 0) is 18.2 Å². The third-order valence-corrected chi connectivity index (χ3v) is 2.08. The Balaban J connectivity index is 2.27. The summed E-state index contributed by atoms with van der Waals surface area (Å²) < 4.78 is 6.26. The lowest BCUT2D eigenvalue weighted by Gasteiger charge is -2.04. The van der Waals surface area contributed by atoms with E-state index in [1.807, 2.05) is 0 Å². The molecule has 0 fully saturated rings. The summed E-state index contributed by atoms with van der Waals surface area (Å²) >= 11 is 0. The lowest BCUT2D eigenvalue weighted by molar-refractivity contribution is -0.131. The molecule has 0 amide bonds. The minimum absolute atomic E-state index is 0.225. The minimum Gasteiger partial charge on any atom is -0.427 e. The van der Waals surface area contributed by atoms with Crippen molar-refractivity contribution in [2.45, 2.75) is 6.92 Å². The zero-order valence-corrected chi connectivity index (χ0v) is 9.16. The van der Waals surface area contributed by atoms with Crippen LogP contribution in [0.4, 0.5) is 0 Å². The number of carbonyl (C=O) groups is 2. The minimum atomic E-state index is -0.419. The van der Waals surface area contributed by atoms with Crippen LogP contribution >= 0.6 is 0 Å². The molecule has 0 aliphatic rings. The standard InChI is InChI=1S/C12H10N2O3/c1-9(15)17-11-4-2-3-10(7-11)12(16)14-6-5-13-8-14/h2-8H,1H3. The number of ether oxygens (including phenoxy) is 1. The lowest BCUT2D eigenvalue weighted by atomic mass is 10.2. The van der Waals surface area contributed by atoms with Crippen LogP contribution < -0.4 is 4.74 Å². The van der Waals surface area contributed by atoms with Crippen molar-refractivity contribution < 1.29 is 14.3 Å². The van der Waals surface area contributed by atoms with E-state index in [0.29, 0.717) is 11.3 Å². The summed E-state index contributed by atoms with van der Waals surface area (Å²) in [6.07, 6.45) is 4.50. The van der Waals surface area contributed by atoms with E-state index in [4.69, 9.17) is 4.74 Å². The highest BCUT2D eigenvalue weighted by Gasteiger charge is 2.09. The zero-order chi connectivity index (χ0) is 12.3. The first kappa shape index (κ1) is 11.1. The lowest BCUT2D eigenvalue weighted by Crippen LogP contribution is -2.10. The first-order valence-corrected chi connectivity index (χ1v) is 4.98. The molecule has 1 aromatic heterocycles. The maximum Gasteiger partial charge on any atom is 0.308 e. The van der Waals surface area contributed by atoms with Gasteiger partial charge in [0.25, 0.3) is 5.91 Å². The Labute approximate surface area is 97.7 Å². The fraction of sp³-hybridized carbons (Fsp3) is 0.0833. The molecule has 17 heavy (non-hydrogen) atoms. The van der Waals surface area contributed by atoms with Crippen LogP contribution in [-0.4, -0.2) is 21.4 Å². The second-order valence-electron chi connectivity index (χ2n) is 3.40. The van der Waals surface area contributed by atoms with Crippen molar-refractivity contribution in [3.05, 3.63) is 48.5 Å². The van der Waals surface area contributed by atoms with E-state index < -0.39 is 5.97 Å². The first-order valence-electron chi connectivity index (χ1n) is 4.98. The highest BCUT2D eigenvalue weighted by atomic mass is 16.5. The number of hydrogen-bond donors (Lipinski definition) is 0. The molecule has 0 atom stereocenters. The molecule has 0 bridgehead atoms. The van der Waals surface area contributed by atoms with Crippen LogP contribution in [-0.2, 0) is 4.79 Å². The third-order valence-electron chi connectivity index (χ3n) is 2.08. The van der Waals surface area contributed by atoms with E-state index in [1.165, 1.54) is 30.1 Å². The quantitative estimate of drug-likeness (QED) is 0.579. The van der Waals surface area contributed by atoms with E-state index in [0.717, 1.165) is 0 Å². The maximum atomic E-state index is 11.9. The number of imidazole rings is 1. The molecule has 1 heterocycles. The fourth-order valence-electron chi connectivity index (χ4n) is 1.39. The summed E-state index contributed by atoms with van der Waals surface area (Å²) in [7, 11) is 0. The Hall–Kier alpha value is -2.43. The molecule has 1 aromatic carbocycles. The van der Waals surface area contributed by atoms with Gasteiger partial charge < -0.3 is 4.74 Å². The van der Waals surface area contributed by atoms with Crippen molar-refractivity contribution in [2.75, 3.05) is 0 Å². The van der Waals surface area contributed by atoms with E-state index in [-0.39, 0.29) is 5.91 Å². The molecule has 2 aromatic rings. The average Bonchev–Trinajstić information content (AvgIpc) is 2.81. The molecular formula is C12H10N2O3. The van der Waals surface area contributed by atoms with Gasteiger partial charge in [-0.15, -0.1) is 0 Å². The van der Waals surface area contributed by atoms with Crippen molar-refractivity contribution in [1.82, 2.24) is 9.55 Å². The average molecular weight is 230 g/mol. The van der Waals surface area contributed by atoms with E-state index >= 15 is 0 Å². The van der Waals surface area contributed by atoms with Gasteiger partial charge in [0.2, 0.25) is 0 Å². The van der Waals surface area contributed by atoms with Crippen LogP contribution in [0.2, 0.25) is 0 Å². The Kier molecular flexibility index (Phi) is 3.00. The van der Waals surface area contributed by atoms with Gasteiger partial charge in [-0.3, -0.25) is 14.2 Å². The molecule has 2 rings (SSSR count). The highest BCUT2D eigenvalue weighted by molar-refractivity contribution is 5.96. The molecule has 5 nitrogen and oxygen atoms in total. The molecule has 0 spiro atoms. The summed E-state index contributed by atoms with van der Waals surface area (Å²) in [6.45, 7) is 1.31. The monoisotopic (exact) mass is 230 g/mol. The number of benzene rings is 1. The molecule has 0 N–H and O–H groups in total. The van der Waals surface area contributed by atoms with Gasteiger partial charge in [0.15, 0.2) is 0 Å². The van der Waals surface area contributed by atoms with Gasteiger partial charge in [-0.25, -0.2) is 4.98 Å². The predicted molar refractivity (Wildman–Crippen MR) is 59.7 cm³/mol. The normalized spacial score (nSPS) is 9.94. The summed E-state index contributed by atoms with van der Waals surface area (Å²) in [5.41, 5.74) is 0.432. The van der Waals surface area contributed by atoms with Crippen LogP contribution in [0.5, 0.6) is 5.75 Å². The smallest absolute Gasteiger partial charge is 0.308 e. The van der Waals surface area contributed by atoms with Crippen LogP contribution in [0.25, 0.3) is 0 Å². The second-order valence-corrected chi connectivity index (χ2v) is 3.40. The van der Waals surface area contributed by atoms with Gasteiger partial charge in [0.05, 0.1) is 0 Å². The van der Waals surface area contributed by atoms with Crippen molar-refractivity contribution in [3.63, 3.8) is 0 Å². The SMILES string of the molecule is CC(=O)Oc1cccc(C(=O)n2ccnc2)c1. The van der Waals surface area contributed by atoms with Crippen LogP contribution in [0.15, 0.2) is 43.0 Å². The van der Waals surface area contributed by atoms with Gasteiger partial charge >= 0.3 is 5.97 Å². The van der Waals surface area contributed by atoms with Crippen molar-refractivity contribution in [1.29, 1.82) is 0 Å². The van der Waals surface area contributed by atoms with Crippen molar-refractivity contribution >= 4 is 11.9 Å². The third kappa shape index (κ3) is 2.57. The topological polar surface area (TPSA) is 61.2 Å². The van der Waals surface area contributed by atoms with E-state index in [2.05, 4.69) is 4.98 Å². The largest absolute Gasteiger partial charge is 0.427 e. The van der Waals surface area contributed by atoms with Gasteiger partial charge in [0.1, 0.15) is 12.1 Å². The molecule has 86 valence electrons. The maximum absolute atomic E-state index is 11.9. The molecule has 0 radical (unpaired) electrons. The Morgan fingerprint density at radius 1 is 1.35 bits per heavy atom. The number of carbonyl (C=O) groups excluding carboxylic acids is 2. The molecule has 0 saturated carbocycles. The summed E-state index contributed by atoms with van der Waals surface area (Å²) in [4.78, 5) is 26.5. The fourth-order valence-corrected chi connectivity index (χ4v) is 1.39. The van der Waals surface area contributed by atoms with Gasteiger partial charge in [-0.2, -0.15) is 0 Å². The van der Waals surface area contributed by atoms with Crippen LogP contribution in [0, 0.1) is 0 Å². The summed E-state index contributed by atoms with van der Waals surface area (Å²) in [6, 6.07) is 6.44. The molecular weight excluding hydrogens is 220 g/mol. The Morgan fingerprint density at radius 3 is 2.82 bits per heavy atom. The number of esters is 1. The van der Waals surface area contributed by atoms with E-state index in [1.54, 1.807) is 24.4 Å². The first-order chi connectivity index (χ1) is 8.16. The predicted octanol–water partition coefficient (Wildman–Crippen LogP) is 1.50. The van der Waals surface area contributed by atoms with Crippen LogP contribution in [0.1, 0.15) is 17.3 Å². The number of nitrogens with zero attached hydrogens (tertiary/aromatic N) is 2. The molecule has 0 saturated heterocycles. The summed E-state index contributed by atoms with van der Waals surface area (Å²) in [5, 5.41) is 0. The molecule has 0 aliphatic carbocycles. The molecule has 0 aliphatic heterocycles. The number of aromatic nitrogens is 2. The van der Waals surface area contributed by atoms with Gasteiger partial charge in [-0.1, -0.05) is 6.07 Å². The molecule has 0 unspecified atom stereocenters. The number of hydrogen-bond acceptors (Lipinski definition) is 4. The zero-order valence-electron chi connectivity index (χ0n) is 9.16. The van der Waals surface area contributed by atoms with E-state index in [9.17, 15) is 9.59 Å². The Morgan fingerprint density at radius 2 is 2.18 bits per heavy atom. The van der Waals surface area contributed by atoms with Gasteiger partial charge in [0, 0.05) is 24.9 Å². The van der Waals surface area contributed by atoms with Crippen LogP contribution in [0.3, 0.4) is 0 Å².